The first kappa shape index (κ1) is 11.1. The van der Waals surface area contributed by atoms with Crippen LogP contribution in [0.5, 0.6) is 0 Å². The third-order valence-electron chi connectivity index (χ3n) is 4.30. The Morgan fingerprint density at radius 1 is 0.947 bits per heavy atom. The molecule has 0 saturated carbocycles. The summed E-state index contributed by atoms with van der Waals surface area (Å²) in [5.41, 5.74) is 3.90. The molecule has 4 rings (SSSR count). The average Bonchev–Trinajstić information content (AvgIpc) is 2.97. The van der Waals surface area contributed by atoms with Crippen LogP contribution >= 0.6 is 0 Å². The highest BCUT2D eigenvalue weighted by atomic mass is 16.5. The van der Waals surface area contributed by atoms with Crippen LogP contribution in [0.4, 0.5) is 5.69 Å². The first-order chi connectivity index (χ1) is 9.43. The maximum atomic E-state index is 6.00. The second-order valence-corrected chi connectivity index (χ2v) is 5.36. The summed E-state index contributed by atoms with van der Waals surface area (Å²) in [6.45, 7) is 0.870. The van der Waals surface area contributed by atoms with Gasteiger partial charge in [0, 0.05) is 23.8 Å². The molecule has 0 amide bonds. The molecule has 0 unspecified atom stereocenters. The SMILES string of the molecule is c1ccc([C@@H]2Nc3ccccc3[C@H]3OCC[C@@H]32)cc1. The van der Waals surface area contributed by atoms with E-state index in [1.165, 1.54) is 16.8 Å². The van der Waals surface area contributed by atoms with E-state index in [4.69, 9.17) is 4.74 Å². The van der Waals surface area contributed by atoms with Crippen LogP contribution in [0.2, 0.25) is 0 Å². The van der Waals surface area contributed by atoms with Gasteiger partial charge in [-0.15, -0.1) is 0 Å². The largest absolute Gasteiger partial charge is 0.378 e. The summed E-state index contributed by atoms with van der Waals surface area (Å²) < 4.78 is 6.00. The molecule has 2 heterocycles. The quantitative estimate of drug-likeness (QED) is 0.829. The number of anilines is 1. The zero-order valence-electron chi connectivity index (χ0n) is 10.8. The number of nitrogens with one attached hydrogen (secondary N) is 1. The van der Waals surface area contributed by atoms with E-state index >= 15 is 0 Å². The van der Waals surface area contributed by atoms with Crippen molar-refractivity contribution in [1.82, 2.24) is 0 Å². The Bertz CT molecular complexity index is 581. The fraction of sp³-hybridized carbons (Fsp3) is 0.294. The van der Waals surface area contributed by atoms with E-state index in [1.807, 2.05) is 0 Å². The minimum atomic E-state index is 0.252. The molecule has 3 atom stereocenters. The minimum absolute atomic E-state index is 0.252. The second kappa shape index (κ2) is 4.39. The van der Waals surface area contributed by atoms with Gasteiger partial charge in [0.2, 0.25) is 0 Å². The second-order valence-electron chi connectivity index (χ2n) is 5.36. The van der Waals surface area contributed by atoms with Crippen LogP contribution in [-0.4, -0.2) is 6.61 Å². The maximum absolute atomic E-state index is 6.00. The van der Waals surface area contributed by atoms with Crippen molar-refractivity contribution in [3.8, 4) is 0 Å². The van der Waals surface area contributed by atoms with Gasteiger partial charge in [0.05, 0.1) is 12.1 Å². The number of benzene rings is 2. The lowest BCUT2D eigenvalue weighted by Crippen LogP contribution is -2.29. The van der Waals surface area contributed by atoms with Crippen LogP contribution in [0.25, 0.3) is 0 Å². The van der Waals surface area contributed by atoms with Gasteiger partial charge in [-0.2, -0.15) is 0 Å². The summed E-state index contributed by atoms with van der Waals surface area (Å²) in [5.74, 6) is 0.539. The van der Waals surface area contributed by atoms with Crippen LogP contribution in [0.1, 0.15) is 29.7 Å². The van der Waals surface area contributed by atoms with Crippen molar-refractivity contribution in [2.45, 2.75) is 18.6 Å². The number of rotatable bonds is 1. The van der Waals surface area contributed by atoms with Gasteiger partial charge in [-0.1, -0.05) is 48.5 Å². The number of hydrogen-bond acceptors (Lipinski definition) is 2. The third-order valence-corrected chi connectivity index (χ3v) is 4.30. The lowest BCUT2D eigenvalue weighted by molar-refractivity contribution is 0.0829. The first-order valence-corrected chi connectivity index (χ1v) is 6.95. The van der Waals surface area contributed by atoms with Crippen molar-refractivity contribution < 1.29 is 4.74 Å². The molecule has 2 aliphatic heterocycles. The van der Waals surface area contributed by atoms with E-state index in [0.717, 1.165) is 13.0 Å². The van der Waals surface area contributed by atoms with Crippen LogP contribution in [0, 0.1) is 5.92 Å². The molecule has 2 aromatic rings. The molecule has 2 nitrogen and oxygen atoms in total. The molecule has 1 N–H and O–H groups in total. The first-order valence-electron chi connectivity index (χ1n) is 6.95. The summed E-state index contributed by atoms with van der Waals surface area (Å²) in [4.78, 5) is 0. The molecule has 2 aromatic carbocycles. The standard InChI is InChI=1S/C17H17NO/c1-2-6-12(7-3-1)16-14-10-11-19-17(14)13-8-4-5-9-15(13)18-16/h1-9,14,16-18H,10-11H2/t14-,16+,17-/m1/s1. The molecule has 0 spiro atoms. The molecule has 0 aliphatic carbocycles. The molecule has 1 fully saturated rings. The fourth-order valence-electron chi connectivity index (χ4n) is 3.41. The van der Waals surface area contributed by atoms with Gasteiger partial charge in [-0.05, 0) is 18.1 Å². The zero-order chi connectivity index (χ0) is 12.7. The van der Waals surface area contributed by atoms with Gasteiger partial charge in [0.1, 0.15) is 0 Å². The van der Waals surface area contributed by atoms with E-state index < -0.39 is 0 Å². The Morgan fingerprint density at radius 2 is 1.74 bits per heavy atom. The summed E-state index contributed by atoms with van der Waals surface area (Å²) in [5, 5.41) is 3.70. The van der Waals surface area contributed by atoms with Crippen molar-refractivity contribution in [3.63, 3.8) is 0 Å². The van der Waals surface area contributed by atoms with Crippen molar-refractivity contribution in [2.24, 2.45) is 5.92 Å². The Labute approximate surface area is 113 Å². The normalized spacial score (nSPS) is 28.3. The maximum Gasteiger partial charge on any atom is 0.0896 e. The Morgan fingerprint density at radius 3 is 2.63 bits per heavy atom. The number of fused-ring (bicyclic) bond motifs is 3. The molecule has 0 aromatic heterocycles. The van der Waals surface area contributed by atoms with Crippen LogP contribution < -0.4 is 5.32 Å². The Balaban J connectivity index is 1.79. The predicted octanol–water partition coefficient (Wildman–Crippen LogP) is 3.93. The van der Waals surface area contributed by atoms with Gasteiger partial charge in [-0.3, -0.25) is 0 Å². The van der Waals surface area contributed by atoms with Gasteiger partial charge in [0.15, 0.2) is 0 Å². The Kier molecular flexibility index (Phi) is 2.56. The van der Waals surface area contributed by atoms with Gasteiger partial charge >= 0.3 is 0 Å². The van der Waals surface area contributed by atoms with Crippen molar-refractivity contribution in [2.75, 3.05) is 11.9 Å². The molecule has 96 valence electrons. The highest BCUT2D eigenvalue weighted by Gasteiger charge is 2.41. The fourth-order valence-corrected chi connectivity index (χ4v) is 3.41. The van der Waals surface area contributed by atoms with Crippen LogP contribution in [-0.2, 0) is 4.74 Å². The van der Waals surface area contributed by atoms with Crippen LogP contribution in [0.15, 0.2) is 54.6 Å². The number of para-hydroxylation sites is 1. The van der Waals surface area contributed by atoms with Crippen LogP contribution in [0.3, 0.4) is 0 Å². The number of ether oxygens (including phenoxy) is 1. The smallest absolute Gasteiger partial charge is 0.0896 e. The zero-order valence-corrected chi connectivity index (χ0v) is 10.8. The summed E-state index contributed by atoms with van der Waals surface area (Å²) in [6.07, 6.45) is 1.38. The monoisotopic (exact) mass is 251 g/mol. The lowest BCUT2D eigenvalue weighted by Gasteiger charge is -2.36. The number of hydrogen-bond donors (Lipinski definition) is 1. The van der Waals surface area contributed by atoms with E-state index in [-0.39, 0.29) is 6.10 Å². The molecule has 1 saturated heterocycles. The van der Waals surface area contributed by atoms with Crippen molar-refractivity contribution >= 4 is 5.69 Å². The highest BCUT2D eigenvalue weighted by molar-refractivity contribution is 5.57. The molecule has 0 bridgehead atoms. The minimum Gasteiger partial charge on any atom is -0.378 e. The third kappa shape index (κ3) is 1.75. The van der Waals surface area contributed by atoms with E-state index in [0.29, 0.717) is 12.0 Å². The summed E-state index contributed by atoms with van der Waals surface area (Å²) >= 11 is 0. The van der Waals surface area contributed by atoms with Crippen molar-refractivity contribution in [3.05, 3.63) is 65.7 Å². The van der Waals surface area contributed by atoms with Gasteiger partial charge in [0.25, 0.3) is 0 Å². The molecule has 2 heteroatoms. The Hall–Kier alpha value is -1.80. The lowest BCUT2D eigenvalue weighted by atomic mass is 9.81. The van der Waals surface area contributed by atoms with Gasteiger partial charge < -0.3 is 10.1 Å². The summed E-state index contributed by atoms with van der Waals surface area (Å²) in [7, 11) is 0. The highest BCUT2D eigenvalue weighted by Crippen LogP contribution is 2.49. The molecule has 0 radical (unpaired) electrons. The molecular formula is C17H17NO. The molecule has 19 heavy (non-hydrogen) atoms. The molecular weight excluding hydrogens is 234 g/mol. The topological polar surface area (TPSA) is 21.3 Å². The molecule has 2 aliphatic rings. The summed E-state index contributed by atoms with van der Waals surface area (Å²) in [6, 6.07) is 19.6. The van der Waals surface area contributed by atoms with E-state index in [9.17, 15) is 0 Å². The average molecular weight is 251 g/mol. The van der Waals surface area contributed by atoms with E-state index in [2.05, 4.69) is 59.9 Å². The van der Waals surface area contributed by atoms with Crippen molar-refractivity contribution in [1.29, 1.82) is 0 Å². The van der Waals surface area contributed by atoms with E-state index in [1.54, 1.807) is 0 Å². The predicted molar refractivity (Wildman–Crippen MR) is 76.0 cm³/mol. The van der Waals surface area contributed by atoms with Gasteiger partial charge in [-0.25, -0.2) is 0 Å².